The van der Waals surface area contributed by atoms with Gasteiger partial charge in [0, 0.05) is 36.5 Å². The van der Waals surface area contributed by atoms with E-state index in [0.29, 0.717) is 5.92 Å². The molecule has 5 heteroatoms. The molecule has 3 heterocycles. The van der Waals surface area contributed by atoms with Gasteiger partial charge in [-0.05, 0) is 46.5 Å². The second-order valence-electron chi connectivity index (χ2n) is 5.06. The molecule has 0 aromatic carbocycles. The first-order valence-corrected chi connectivity index (χ1v) is 7.61. The van der Waals surface area contributed by atoms with Crippen LogP contribution >= 0.6 is 15.9 Å². The van der Waals surface area contributed by atoms with Crippen LogP contribution in [0.5, 0.6) is 0 Å². The molecule has 2 aromatic rings. The third-order valence-corrected chi connectivity index (χ3v) is 4.01. The molecular formula is C15H17BrN4. The van der Waals surface area contributed by atoms with Crippen molar-refractivity contribution in [1.29, 1.82) is 0 Å². The Labute approximate surface area is 127 Å². The van der Waals surface area contributed by atoms with Gasteiger partial charge in [-0.3, -0.25) is 4.98 Å². The summed E-state index contributed by atoms with van der Waals surface area (Å²) in [5.74, 6) is 1.60. The van der Waals surface area contributed by atoms with Crippen molar-refractivity contribution in [2.24, 2.45) is 5.92 Å². The molecule has 0 unspecified atom stereocenters. The van der Waals surface area contributed by atoms with Crippen LogP contribution in [0.3, 0.4) is 0 Å². The van der Waals surface area contributed by atoms with Gasteiger partial charge in [0.1, 0.15) is 5.82 Å². The molecule has 3 rings (SSSR count). The van der Waals surface area contributed by atoms with E-state index in [2.05, 4.69) is 42.2 Å². The van der Waals surface area contributed by atoms with Gasteiger partial charge in [-0.2, -0.15) is 0 Å². The summed E-state index contributed by atoms with van der Waals surface area (Å²) in [5.41, 5.74) is 1.19. The first kappa shape index (κ1) is 13.4. The normalized spacial score (nSPS) is 18.2. The Bertz CT molecular complexity index is 561. The summed E-state index contributed by atoms with van der Waals surface area (Å²) in [4.78, 5) is 10.9. The van der Waals surface area contributed by atoms with Crippen LogP contribution in [0.4, 0.5) is 11.5 Å². The van der Waals surface area contributed by atoms with E-state index < -0.39 is 0 Å². The predicted molar refractivity (Wildman–Crippen MR) is 85.0 cm³/mol. The number of rotatable bonds is 4. The van der Waals surface area contributed by atoms with Crippen molar-refractivity contribution in [1.82, 2.24) is 9.97 Å². The number of nitrogens with one attached hydrogen (secondary N) is 1. The number of aromatic nitrogens is 2. The first-order chi connectivity index (χ1) is 9.81. The van der Waals surface area contributed by atoms with Crippen LogP contribution in [-0.4, -0.2) is 29.6 Å². The Kier molecular flexibility index (Phi) is 4.16. The summed E-state index contributed by atoms with van der Waals surface area (Å²) in [7, 11) is 0. The lowest BCUT2D eigenvalue weighted by molar-refractivity contribution is 0.621. The lowest BCUT2D eigenvalue weighted by atomic mass is 10.1. The zero-order chi connectivity index (χ0) is 13.8. The van der Waals surface area contributed by atoms with E-state index in [1.165, 1.54) is 12.1 Å². The SMILES string of the molecule is Brc1cncc(N2CC[C@@H](CNc3ccccn3)C2)c1. The highest BCUT2D eigenvalue weighted by Crippen LogP contribution is 2.25. The van der Waals surface area contributed by atoms with Crippen molar-refractivity contribution in [3.8, 4) is 0 Å². The monoisotopic (exact) mass is 332 g/mol. The standard InChI is InChI=1S/C15H17BrN4/c16-13-7-14(10-17-9-13)20-6-4-12(11-20)8-19-15-3-1-2-5-18-15/h1-3,5,7,9-10,12H,4,6,8,11H2,(H,18,19)/t12-/m0/s1. The molecule has 1 N–H and O–H groups in total. The minimum absolute atomic E-state index is 0.649. The number of anilines is 2. The van der Waals surface area contributed by atoms with Crippen LogP contribution in [0.25, 0.3) is 0 Å². The molecule has 0 amide bonds. The number of pyridine rings is 2. The molecule has 2 aromatic heterocycles. The van der Waals surface area contributed by atoms with E-state index >= 15 is 0 Å². The molecule has 0 saturated carbocycles. The van der Waals surface area contributed by atoms with E-state index in [4.69, 9.17) is 0 Å². The summed E-state index contributed by atoms with van der Waals surface area (Å²) in [6, 6.07) is 8.07. The van der Waals surface area contributed by atoms with Gasteiger partial charge in [0.25, 0.3) is 0 Å². The fourth-order valence-electron chi connectivity index (χ4n) is 2.52. The molecular weight excluding hydrogens is 316 g/mol. The molecule has 4 nitrogen and oxygen atoms in total. The smallest absolute Gasteiger partial charge is 0.125 e. The van der Waals surface area contributed by atoms with E-state index in [1.807, 2.05) is 36.8 Å². The van der Waals surface area contributed by atoms with Crippen LogP contribution in [0.15, 0.2) is 47.3 Å². The van der Waals surface area contributed by atoms with Crippen LogP contribution in [0.2, 0.25) is 0 Å². The van der Waals surface area contributed by atoms with Crippen molar-refractivity contribution in [3.05, 3.63) is 47.3 Å². The summed E-state index contributed by atoms with van der Waals surface area (Å²) in [6.45, 7) is 3.12. The van der Waals surface area contributed by atoms with Gasteiger partial charge in [-0.1, -0.05) is 6.07 Å². The number of nitrogens with zero attached hydrogens (tertiary/aromatic N) is 3. The van der Waals surface area contributed by atoms with Gasteiger partial charge >= 0.3 is 0 Å². The predicted octanol–water partition coefficient (Wildman–Crippen LogP) is 3.18. The molecule has 104 valence electrons. The summed E-state index contributed by atoms with van der Waals surface area (Å²) in [5, 5.41) is 3.41. The molecule has 1 aliphatic heterocycles. The van der Waals surface area contributed by atoms with Gasteiger partial charge in [0.15, 0.2) is 0 Å². The van der Waals surface area contributed by atoms with Crippen LogP contribution in [0, 0.1) is 5.92 Å². The van der Waals surface area contributed by atoms with E-state index in [9.17, 15) is 0 Å². The third kappa shape index (κ3) is 3.28. The highest BCUT2D eigenvalue weighted by molar-refractivity contribution is 9.10. The molecule has 0 aliphatic carbocycles. The highest BCUT2D eigenvalue weighted by Gasteiger charge is 2.22. The Hall–Kier alpha value is -1.62. The maximum Gasteiger partial charge on any atom is 0.125 e. The quantitative estimate of drug-likeness (QED) is 0.933. The molecule has 0 bridgehead atoms. The fourth-order valence-corrected chi connectivity index (χ4v) is 2.88. The zero-order valence-electron chi connectivity index (χ0n) is 11.2. The largest absolute Gasteiger partial charge is 0.370 e. The summed E-state index contributed by atoms with van der Waals surface area (Å²) < 4.78 is 1.03. The number of hydrogen-bond acceptors (Lipinski definition) is 4. The maximum atomic E-state index is 4.29. The number of hydrogen-bond donors (Lipinski definition) is 1. The molecule has 0 radical (unpaired) electrons. The van der Waals surface area contributed by atoms with Crippen molar-refractivity contribution < 1.29 is 0 Å². The van der Waals surface area contributed by atoms with Crippen molar-refractivity contribution in [3.63, 3.8) is 0 Å². The average Bonchev–Trinajstić information content (AvgIpc) is 2.95. The van der Waals surface area contributed by atoms with Crippen molar-refractivity contribution >= 4 is 27.4 Å². The fraction of sp³-hybridized carbons (Fsp3) is 0.333. The molecule has 1 atom stereocenters. The topological polar surface area (TPSA) is 41.1 Å². The third-order valence-electron chi connectivity index (χ3n) is 3.58. The summed E-state index contributed by atoms with van der Waals surface area (Å²) in [6.07, 6.45) is 6.77. The second kappa shape index (κ2) is 6.22. The Balaban J connectivity index is 1.55. The van der Waals surface area contributed by atoms with Crippen LogP contribution in [-0.2, 0) is 0 Å². The van der Waals surface area contributed by atoms with Crippen LogP contribution < -0.4 is 10.2 Å². The van der Waals surface area contributed by atoms with Gasteiger partial charge in [0.2, 0.25) is 0 Å². The molecule has 1 aliphatic rings. The molecule has 0 spiro atoms. The van der Waals surface area contributed by atoms with E-state index in [-0.39, 0.29) is 0 Å². The van der Waals surface area contributed by atoms with Crippen LogP contribution in [0.1, 0.15) is 6.42 Å². The average molecular weight is 333 g/mol. The zero-order valence-corrected chi connectivity index (χ0v) is 12.8. The first-order valence-electron chi connectivity index (χ1n) is 6.81. The summed E-state index contributed by atoms with van der Waals surface area (Å²) >= 11 is 3.48. The molecule has 1 fully saturated rings. The maximum absolute atomic E-state index is 4.29. The lowest BCUT2D eigenvalue weighted by Gasteiger charge is -2.18. The molecule has 1 saturated heterocycles. The van der Waals surface area contributed by atoms with Gasteiger partial charge < -0.3 is 10.2 Å². The lowest BCUT2D eigenvalue weighted by Crippen LogP contribution is -2.22. The molecule has 20 heavy (non-hydrogen) atoms. The minimum Gasteiger partial charge on any atom is -0.370 e. The minimum atomic E-state index is 0.649. The Morgan fingerprint density at radius 1 is 1.35 bits per heavy atom. The van der Waals surface area contributed by atoms with Gasteiger partial charge in [-0.15, -0.1) is 0 Å². The van der Waals surface area contributed by atoms with Crippen molar-refractivity contribution in [2.45, 2.75) is 6.42 Å². The van der Waals surface area contributed by atoms with E-state index in [0.717, 1.165) is 29.9 Å². The van der Waals surface area contributed by atoms with Gasteiger partial charge in [-0.25, -0.2) is 4.98 Å². The van der Waals surface area contributed by atoms with E-state index in [1.54, 1.807) is 0 Å². The second-order valence-corrected chi connectivity index (χ2v) is 5.97. The Morgan fingerprint density at radius 3 is 3.10 bits per heavy atom. The van der Waals surface area contributed by atoms with Gasteiger partial charge in [0.05, 0.1) is 11.9 Å². The number of halogens is 1. The van der Waals surface area contributed by atoms with Crippen molar-refractivity contribution in [2.75, 3.05) is 29.9 Å². The Morgan fingerprint density at radius 2 is 2.30 bits per heavy atom. The highest BCUT2D eigenvalue weighted by atomic mass is 79.9.